The lowest BCUT2D eigenvalue weighted by molar-refractivity contribution is -0.114. The Kier molecular flexibility index (Phi) is 7.65. The van der Waals surface area contributed by atoms with Gasteiger partial charge in [0, 0.05) is 18.2 Å². The molecule has 0 bridgehead atoms. The first-order valence-corrected chi connectivity index (χ1v) is 10.0. The molecule has 0 radical (unpaired) electrons. The minimum Gasteiger partial charge on any atom is -0.489 e. The summed E-state index contributed by atoms with van der Waals surface area (Å²) in [5.74, 6) is 0.0899. The van der Waals surface area contributed by atoms with Crippen LogP contribution in [0.1, 0.15) is 28.4 Å². The highest BCUT2D eigenvalue weighted by Crippen LogP contribution is 2.23. The molecule has 3 aromatic carbocycles. The number of hydrogen-bond donors (Lipinski definition) is 2. The van der Waals surface area contributed by atoms with Crippen LogP contribution in [-0.4, -0.2) is 18.0 Å². The Labute approximate surface area is 189 Å². The molecule has 8 heteroatoms. The van der Waals surface area contributed by atoms with Gasteiger partial charge in [-0.3, -0.25) is 9.59 Å². The average Bonchev–Trinajstić information content (AvgIpc) is 2.75. The minimum atomic E-state index is -0.384. The van der Waals surface area contributed by atoms with Crippen molar-refractivity contribution < 1.29 is 14.3 Å². The normalized spacial score (nSPS) is 10.7. The lowest BCUT2D eigenvalue weighted by Gasteiger charge is -2.07. The molecule has 0 unspecified atom stereocenters. The second-order valence-electron chi connectivity index (χ2n) is 6.57. The summed E-state index contributed by atoms with van der Waals surface area (Å²) in [4.78, 5) is 23.3. The van der Waals surface area contributed by atoms with Gasteiger partial charge in [0.15, 0.2) is 0 Å². The first-order chi connectivity index (χ1) is 14.9. The Balaban J connectivity index is 1.52. The molecule has 0 spiro atoms. The van der Waals surface area contributed by atoms with E-state index in [9.17, 15) is 9.59 Å². The van der Waals surface area contributed by atoms with Crippen LogP contribution >= 0.6 is 23.2 Å². The number of halogens is 2. The number of ether oxygens (including phenoxy) is 1. The molecule has 0 aromatic heterocycles. The van der Waals surface area contributed by atoms with E-state index in [1.54, 1.807) is 48.5 Å². The summed E-state index contributed by atoms with van der Waals surface area (Å²) >= 11 is 11.9. The highest BCUT2D eigenvalue weighted by molar-refractivity contribution is 6.42. The van der Waals surface area contributed by atoms with Crippen LogP contribution in [0.4, 0.5) is 5.69 Å². The van der Waals surface area contributed by atoms with E-state index in [4.69, 9.17) is 27.9 Å². The van der Waals surface area contributed by atoms with Crippen molar-refractivity contribution in [2.24, 2.45) is 5.10 Å². The van der Waals surface area contributed by atoms with Gasteiger partial charge < -0.3 is 10.1 Å². The predicted octanol–water partition coefficient (Wildman–Crippen LogP) is 5.29. The minimum absolute atomic E-state index is 0.208. The number of nitrogens with one attached hydrogen (secondary N) is 2. The van der Waals surface area contributed by atoms with Crippen molar-refractivity contribution in [2.45, 2.75) is 13.5 Å². The van der Waals surface area contributed by atoms with Crippen molar-refractivity contribution in [3.8, 4) is 5.75 Å². The lowest BCUT2D eigenvalue weighted by Crippen LogP contribution is -2.18. The molecule has 0 aliphatic carbocycles. The smallest absolute Gasteiger partial charge is 0.271 e. The van der Waals surface area contributed by atoms with Crippen molar-refractivity contribution >= 4 is 46.9 Å². The molecule has 0 atom stereocenters. The third-order valence-electron chi connectivity index (χ3n) is 4.09. The summed E-state index contributed by atoms with van der Waals surface area (Å²) in [7, 11) is 0. The molecule has 0 heterocycles. The molecule has 3 aromatic rings. The lowest BCUT2D eigenvalue weighted by atomic mass is 10.2. The first kappa shape index (κ1) is 22.3. The molecule has 0 fully saturated rings. The van der Waals surface area contributed by atoms with Crippen LogP contribution in [-0.2, 0) is 11.4 Å². The van der Waals surface area contributed by atoms with Crippen molar-refractivity contribution in [2.75, 3.05) is 5.32 Å². The number of hydrogen-bond acceptors (Lipinski definition) is 4. The summed E-state index contributed by atoms with van der Waals surface area (Å²) in [6, 6.07) is 19.2. The van der Waals surface area contributed by atoms with Crippen molar-refractivity contribution in [3.05, 3.63) is 93.5 Å². The molecule has 0 saturated heterocycles. The second-order valence-corrected chi connectivity index (χ2v) is 7.38. The van der Waals surface area contributed by atoms with Crippen molar-refractivity contribution in [1.82, 2.24) is 5.43 Å². The van der Waals surface area contributed by atoms with Crippen LogP contribution in [0.3, 0.4) is 0 Å². The third kappa shape index (κ3) is 6.84. The Morgan fingerprint density at radius 2 is 1.77 bits per heavy atom. The summed E-state index contributed by atoms with van der Waals surface area (Å²) in [5.41, 5.74) is 5.08. The SMILES string of the molecule is CC(=O)Nc1cccc(C(=O)N/N=C\c2ccc(OCc3ccc(Cl)c(Cl)c3)cc2)c1. The van der Waals surface area contributed by atoms with E-state index < -0.39 is 0 Å². The maximum Gasteiger partial charge on any atom is 0.271 e. The number of carbonyl (C=O) groups excluding carboxylic acids is 2. The molecule has 0 aliphatic heterocycles. The van der Waals surface area contributed by atoms with Crippen LogP contribution in [0, 0.1) is 0 Å². The van der Waals surface area contributed by atoms with Crippen LogP contribution in [0.2, 0.25) is 10.0 Å². The van der Waals surface area contributed by atoms with Gasteiger partial charge in [-0.15, -0.1) is 0 Å². The van der Waals surface area contributed by atoms with Crippen LogP contribution in [0.5, 0.6) is 5.75 Å². The van der Waals surface area contributed by atoms with Crippen molar-refractivity contribution in [1.29, 1.82) is 0 Å². The van der Waals surface area contributed by atoms with Crippen LogP contribution in [0.15, 0.2) is 71.8 Å². The van der Waals surface area contributed by atoms with E-state index in [0.717, 1.165) is 11.1 Å². The maximum atomic E-state index is 12.2. The Bertz CT molecular complexity index is 1120. The number of benzene rings is 3. The third-order valence-corrected chi connectivity index (χ3v) is 4.83. The quantitative estimate of drug-likeness (QED) is 0.374. The summed E-state index contributed by atoms with van der Waals surface area (Å²) < 4.78 is 5.74. The van der Waals surface area contributed by atoms with Gasteiger partial charge in [-0.2, -0.15) is 5.10 Å². The number of nitrogens with zero attached hydrogens (tertiary/aromatic N) is 1. The Morgan fingerprint density at radius 3 is 2.48 bits per heavy atom. The van der Waals surface area contributed by atoms with Crippen LogP contribution in [0.25, 0.3) is 0 Å². The van der Waals surface area contributed by atoms with E-state index in [-0.39, 0.29) is 11.8 Å². The van der Waals surface area contributed by atoms with Gasteiger partial charge in [0.05, 0.1) is 16.3 Å². The van der Waals surface area contributed by atoms with Gasteiger partial charge in [0.25, 0.3) is 5.91 Å². The molecule has 31 heavy (non-hydrogen) atoms. The predicted molar refractivity (Wildman–Crippen MR) is 123 cm³/mol. The zero-order chi connectivity index (χ0) is 22.2. The van der Waals surface area contributed by atoms with Crippen LogP contribution < -0.4 is 15.5 Å². The summed E-state index contributed by atoms with van der Waals surface area (Å²) in [5, 5.41) is 7.59. The van der Waals surface area contributed by atoms with E-state index >= 15 is 0 Å². The molecule has 2 N–H and O–H groups in total. The number of carbonyl (C=O) groups is 2. The van der Waals surface area contributed by atoms with Gasteiger partial charge in [-0.1, -0.05) is 35.3 Å². The summed E-state index contributed by atoms with van der Waals surface area (Å²) in [6.45, 7) is 1.76. The molecule has 6 nitrogen and oxygen atoms in total. The number of amides is 2. The van der Waals surface area contributed by atoms with Gasteiger partial charge in [0.2, 0.25) is 5.91 Å². The van der Waals surface area contributed by atoms with E-state index in [0.29, 0.717) is 33.7 Å². The average molecular weight is 456 g/mol. The largest absolute Gasteiger partial charge is 0.489 e. The highest BCUT2D eigenvalue weighted by Gasteiger charge is 2.06. The zero-order valence-corrected chi connectivity index (χ0v) is 18.1. The fourth-order valence-corrected chi connectivity index (χ4v) is 2.94. The molecule has 0 aliphatic rings. The topological polar surface area (TPSA) is 79.8 Å². The Morgan fingerprint density at radius 1 is 1.00 bits per heavy atom. The van der Waals surface area contributed by atoms with Crippen molar-refractivity contribution in [3.63, 3.8) is 0 Å². The van der Waals surface area contributed by atoms with Gasteiger partial charge >= 0.3 is 0 Å². The fourth-order valence-electron chi connectivity index (χ4n) is 2.62. The number of rotatable bonds is 7. The molecule has 158 valence electrons. The standard InChI is InChI=1S/C23H19Cl2N3O3/c1-15(29)27-19-4-2-3-18(12-19)23(30)28-26-13-16-5-8-20(9-6-16)31-14-17-7-10-21(24)22(25)11-17/h2-13H,14H2,1H3,(H,27,29)(H,28,30)/b26-13-. The fraction of sp³-hybridized carbons (Fsp3) is 0.0870. The van der Waals surface area contributed by atoms with Gasteiger partial charge in [-0.05, 0) is 65.7 Å². The molecule has 0 saturated carbocycles. The molecule has 3 rings (SSSR count). The Hall–Kier alpha value is -3.35. The maximum absolute atomic E-state index is 12.2. The van der Waals surface area contributed by atoms with E-state index in [1.165, 1.54) is 13.1 Å². The monoisotopic (exact) mass is 455 g/mol. The van der Waals surface area contributed by atoms with E-state index in [1.807, 2.05) is 18.2 Å². The molecule has 2 amide bonds. The zero-order valence-electron chi connectivity index (χ0n) is 16.6. The molecular formula is C23H19Cl2N3O3. The first-order valence-electron chi connectivity index (χ1n) is 9.28. The molecular weight excluding hydrogens is 437 g/mol. The van der Waals surface area contributed by atoms with Gasteiger partial charge in [-0.25, -0.2) is 5.43 Å². The number of anilines is 1. The second kappa shape index (κ2) is 10.6. The number of hydrazone groups is 1. The van der Waals surface area contributed by atoms with Gasteiger partial charge in [0.1, 0.15) is 12.4 Å². The van der Waals surface area contributed by atoms with E-state index in [2.05, 4.69) is 15.8 Å². The summed E-state index contributed by atoms with van der Waals surface area (Å²) in [6.07, 6.45) is 1.53. The highest BCUT2D eigenvalue weighted by atomic mass is 35.5.